The Balaban J connectivity index is 1.95. The fourth-order valence-electron chi connectivity index (χ4n) is 1.44. The predicted octanol–water partition coefficient (Wildman–Crippen LogP) is 0.526. The van der Waals surface area contributed by atoms with E-state index in [1.165, 1.54) is 12.3 Å². The molecule has 0 aliphatic heterocycles. The summed E-state index contributed by atoms with van der Waals surface area (Å²) in [7, 11) is 0. The van der Waals surface area contributed by atoms with E-state index >= 15 is 0 Å². The number of carbonyl (C=O) groups is 2. The first-order chi connectivity index (χ1) is 9.16. The zero-order chi connectivity index (χ0) is 13.7. The zero-order valence-electron chi connectivity index (χ0n) is 9.92. The van der Waals surface area contributed by atoms with Gasteiger partial charge in [0.05, 0.1) is 5.56 Å². The van der Waals surface area contributed by atoms with Crippen LogP contribution >= 0.6 is 0 Å². The van der Waals surface area contributed by atoms with Gasteiger partial charge in [0, 0.05) is 12.4 Å². The molecule has 0 unspecified atom stereocenters. The van der Waals surface area contributed by atoms with Crippen molar-refractivity contribution in [2.24, 2.45) is 5.73 Å². The van der Waals surface area contributed by atoms with Gasteiger partial charge in [0.25, 0.3) is 11.8 Å². The molecule has 0 spiro atoms. The van der Waals surface area contributed by atoms with Crippen molar-refractivity contribution < 1.29 is 14.3 Å². The molecule has 4 N–H and O–H groups in total. The number of aromatic nitrogens is 2. The summed E-state index contributed by atoms with van der Waals surface area (Å²) >= 11 is 0. The number of rotatable bonds is 5. The van der Waals surface area contributed by atoms with Crippen LogP contribution in [0, 0.1) is 0 Å². The van der Waals surface area contributed by atoms with Crippen LogP contribution < -0.4 is 15.8 Å². The number of benzene rings is 1. The van der Waals surface area contributed by atoms with Crippen molar-refractivity contribution >= 4 is 17.8 Å². The van der Waals surface area contributed by atoms with Gasteiger partial charge in [-0.2, -0.15) is 0 Å². The molecule has 7 nitrogen and oxygen atoms in total. The summed E-state index contributed by atoms with van der Waals surface area (Å²) in [6.07, 6.45) is 3.09. The van der Waals surface area contributed by atoms with Crippen molar-refractivity contribution in [2.45, 2.75) is 0 Å². The lowest BCUT2D eigenvalue weighted by Crippen LogP contribution is -2.22. The number of hydrogen-bond acceptors (Lipinski definition) is 4. The molecule has 0 bridgehead atoms. The highest BCUT2D eigenvalue weighted by Crippen LogP contribution is 2.16. The van der Waals surface area contributed by atoms with E-state index in [1.54, 1.807) is 24.4 Å². The quantitative estimate of drug-likeness (QED) is 0.728. The first-order valence-corrected chi connectivity index (χ1v) is 5.47. The molecule has 1 heterocycles. The first-order valence-electron chi connectivity index (χ1n) is 5.47. The van der Waals surface area contributed by atoms with Crippen LogP contribution in [-0.4, -0.2) is 28.4 Å². The third-order valence-corrected chi connectivity index (χ3v) is 2.27. The van der Waals surface area contributed by atoms with Gasteiger partial charge in [0.1, 0.15) is 5.75 Å². The smallest absolute Gasteiger partial charge is 0.264 e. The van der Waals surface area contributed by atoms with E-state index < -0.39 is 11.8 Å². The van der Waals surface area contributed by atoms with Gasteiger partial charge in [0.2, 0.25) is 5.95 Å². The molecule has 0 atom stereocenters. The fourth-order valence-corrected chi connectivity index (χ4v) is 1.44. The molecule has 2 rings (SSSR count). The number of anilines is 1. The number of imidazole rings is 1. The molecule has 98 valence electrons. The average molecular weight is 260 g/mol. The molecule has 0 aliphatic rings. The Bertz CT molecular complexity index is 580. The Labute approximate surface area is 108 Å². The highest BCUT2D eigenvalue weighted by molar-refractivity contribution is 5.96. The number of nitrogens with zero attached hydrogens (tertiary/aromatic N) is 1. The van der Waals surface area contributed by atoms with Crippen LogP contribution in [0.1, 0.15) is 10.4 Å². The average Bonchev–Trinajstić information content (AvgIpc) is 2.89. The van der Waals surface area contributed by atoms with Gasteiger partial charge in [-0.3, -0.25) is 14.9 Å². The standard InChI is InChI=1S/C12H12N4O3/c13-11(18)8-3-1-2-4-9(8)19-7-10(17)16-12-14-5-6-15-12/h1-6H,7H2,(H2,13,18)(H2,14,15,16,17). The van der Waals surface area contributed by atoms with Gasteiger partial charge < -0.3 is 15.5 Å². The maximum atomic E-state index is 11.6. The van der Waals surface area contributed by atoms with Crippen molar-refractivity contribution in [1.29, 1.82) is 0 Å². The highest BCUT2D eigenvalue weighted by Gasteiger charge is 2.10. The molecule has 19 heavy (non-hydrogen) atoms. The Kier molecular flexibility index (Phi) is 3.77. The van der Waals surface area contributed by atoms with Crippen LogP contribution in [0.15, 0.2) is 36.7 Å². The summed E-state index contributed by atoms with van der Waals surface area (Å²) in [6, 6.07) is 6.45. The molecule has 0 saturated heterocycles. The van der Waals surface area contributed by atoms with Gasteiger partial charge in [-0.15, -0.1) is 0 Å². The van der Waals surface area contributed by atoms with E-state index in [4.69, 9.17) is 10.5 Å². The molecule has 0 saturated carbocycles. The van der Waals surface area contributed by atoms with E-state index in [9.17, 15) is 9.59 Å². The minimum Gasteiger partial charge on any atom is -0.483 e. The Hall–Kier alpha value is -2.83. The number of nitrogens with two attached hydrogens (primary N) is 1. The number of carbonyl (C=O) groups excluding carboxylic acids is 2. The topological polar surface area (TPSA) is 110 Å². The monoisotopic (exact) mass is 260 g/mol. The number of ether oxygens (including phenoxy) is 1. The Morgan fingerprint density at radius 3 is 2.84 bits per heavy atom. The number of hydrogen-bond donors (Lipinski definition) is 3. The SMILES string of the molecule is NC(=O)c1ccccc1OCC(=O)Nc1ncc[nH]1. The summed E-state index contributed by atoms with van der Waals surface area (Å²) in [6.45, 7) is -0.245. The molecule has 7 heteroatoms. The molecule has 2 aromatic rings. The maximum Gasteiger partial charge on any atom is 0.264 e. The van der Waals surface area contributed by atoms with Crippen molar-refractivity contribution in [3.8, 4) is 5.75 Å². The second kappa shape index (κ2) is 5.67. The largest absolute Gasteiger partial charge is 0.483 e. The summed E-state index contributed by atoms with van der Waals surface area (Å²) in [5.74, 6) is -0.405. The van der Waals surface area contributed by atoms with E-state index in [2.05, 4.69) is 15.3 Å². The van der Waals surface area contributed by atoms with Crippen molar-refractivity contribution in [3.63, 3.8) is 0 Å². The second-order valence-electron chi connectivity index (χ2n) is 3.64. The van der Waals surface area contributed by atoms with E-state index in [1.807, 2.05) is 0 Å². The normalized spacial score (nSPS) is 9.89. The fraction of sp³-hybridized carbons (Fsp3) is 0.0833. The van der Waals surface area contributed by atoms with Crippen molar-refractivity contribution in [1.82, 2.24) is 9.97 Å². The summed E-state index contributed by atoms with van der Waals surface area (Å²) < 4.78 is 5.25. The van der Waals surface area contributed by atoms with E-state index in [0.29, 0.717) is 5.95 Å². The third-order valence-electron chi connectivity index (χ3n) is 2.27. The van der Waals surface area contributed by atoms with Crippen LogP contribution in [0.25, 0.3) is 0 Å². The Morgan fingerprint density at radius 2 is 2.16 bits per heavy atom. The van der Waals surface area contributed by atoms with Gasteiger partial charge in [-0.05, 0) is 12.1 Å². The molecule has 0 fully saturated rings. The lowest BCUT2D eigenvalue weighted by atomic mass is 10.2. The lowest BCUT2D eigenvalue weighted by molar-refractivity contribution is -0.118. The molecule has 1 aromatic heterocycles. The molecule has 0 aliphatic carbocycles. The van der Waals surface area contributed by atoms with Crippen molar-refractivity contribution in [3.05, 3.63) is 42.2 Å². The van der Waals surface area contributed by atoms with E-state index in [-0.39, 0.29) is 17.9 Å². The minimum atomic E-state index is -0.609. The molecular weight excluding hydrogens is 248 g/mol. The van der Waals surface area contributed by atoms with Crippen molar-refractivity contribution in [2.75, 3.05) is 11.9 Å². The van der Waals surface area contributed by atoms with E-state index in [0.717, 1.165) is 0 Å². The zero-order valence-corrected chi connectivity index (χ0v) is 9.92. The number of primary amides is 1. The van der Waals surface area contributed by atoms with Crippen LogP contribution in [0.5, 0.6) is 5.75 Å². The van der Waals surface area contributed by atoms with Crippen LogP contribution in [-0.2, 0) is 4.79 Å². The Morgan fingerprint density at radius 1 is 1.37 bits per heavy atom. The highest BCUT2D eigenvalue weighted by atomic mass is 16.5. The summed E-state index contributed by atoms with van der Waals surface area (Å²) in [5, 5.41) is 2.49. The minimum absolute atomic E-state index is 0.230. The third kappa shape index (κ3) is 3.32. The number of amides is 2. The lowest BCUT2D eigenvalue weighted by Gasteiger charge is -2.08. The predicted molar refractivity (Wildman–Crippen MR) is 67.7 cm³/mol. The van der Waals surface area contributed by atoms with Gasteiger partial charge in [-0.25, -0.2) is 4.98 Å². The number of aromatic amines is 1. The van der Waals surface area contributed by atoms with Gasteiger partial charge in [-0.1, -0.05) is 12.1 Å². The van der Waals surface area contributed by atoms with Crippen LogP contribution in [0.4, 0.5) is 5.95 Å². The first kappa shape index (κ1) is 12.6. The molecular formula is C12H12N4O3. The summed E-state index contributed by atoms with van der Waals surface area (Å²) in [5.41, 5.74) is 5.43. The second-order valence-corrected chi connectivity index (χ2v) is 3.64. The van der Waals surface area contributed by atoms with Crippen LogP contribution in [0.2, 0.25) is 0 Å². The number of H-pyrrole nitrogens is 1. The summed E-state index contributed by atoms with van der Waals surface area (Å²) in [4.78, 5) is 29.3. The molecule has 0 radical (unpaired) electrons. The number of nitrogens with one attached hydrogen (secondary N) is 2. The number of para-hydroxylation sites is 1. The van der Waals surface area contributed by atoms with Crippen LogP contribution in [0.3, 0.4) is 0 Å². The molecule has 1 aromatic carbocycles. The maximum absolute atomic E-state index is 11.6. The van der Waals surface area contributed by atoms with Gasteiger partial charge in [0.15, 0.2) is 6.61 Å². The van der Waals surface area contributed by atoms with Gasteiger partial charge >= 0.3 is 0 Å². The molecule has 2 amide bonds.